The monoisotopic (exact) mass is 851 g/mol. The third-order valence-electron chi connectivity index (χ3n) is 18.5. The standard InChI is InChI=1S/C58H62N4O2/c1-53(2)41-29-45-47(31-43(41)55(5,6)57(53,9)10)61(35-21-23-51-39(27-35)37-17-13-15-19-49(37)63-51)33-59(45)25-26-60-34-62(36-22-24-52-40(28-36)38-18-14-16-20-50(38)64-52)48-32-44-42(30-46(48)60)54(3,4)58(11,12)56(44,7)8/h13-24,27-32H,25-26,33-34H2,1-12H3/i29D,30D,31D,32D. The molecule has 0 radical (unpaired) electrons. The Labute approximate surface area is 384 Å². The molecule has 6 heteroatoms. The van der Waals surface area contributed by atoms with Gasteiger partial charge < -0.3 is 28.4 Å². The number of para-hydroxylation sites is 2. The normalized spacial score (nSPS) is 21.4. The second-order valence-corrected chi connectivity index (χ2v) is 22.4. The van der Waals surface area contributed by atoms with E-state index in [1.807, 2.05) is 48.5 Å². The average Bonchev–Trinajstić information content (AvgIpc) is 4.10. The van der Waals surface area contributed by atoms with Gasteiger partial charge in [0.2, 0.25) is 0 Å². The summed E-state index contributed by atoms with van der Waals surface area (Å²) in [5, 5.41) is 4.13. The van der Waals surface area contributed by atoms with Gasteiger partial charge in [0.1, 0.15) is 22.3 Å². The van der Waals surface area contributed by atoms with E-state index in [0.29, 0.717) is 50.6 Å². The highest BCUT2D eigenvalue weighted by Gasteiger charge is 2.59. The minimum absolute atomic E-state index is 0.239. The van der Waals surface area contributed by atoms with Crippen molar-refractivity contribution >= 4 is 78.0 Å². The van der Waals surface area contributed by atoms with E-state index in [1.165, 1.54) is 0 Å². The molecule has 4 heterocycles. The van der Waals surface area contributed by atoms with Crippen molar-refractivity contribution in [2.24, 2.45) is 10.8 Å². The number of hydrogen-bond acceptors (Lipinski definition) is 6. The number of nitrogens with zero attached hydrogens (tertiary/aromatic N) is 4. The predicted octanol–water partition coefficient (Wildman–Crippen LogP) is 15.2. The summed E-state index contributed by atoms with van der Waals surface area (Å²) in [5.41, 5.74) is 10.2. The Morgan fingerprint density at radius 2 is 0.750 bits per heavy atom. The topological polar surface area (TPSA) is 39.2 Å². The molecule has 0 fully saturated rings. The van der Waals surface area contributed by atoms with Gasteiger partial charge in [-0.1, -0.05) is 119 Å². The van der Waals surface area contributed by atoms with Gasteiger partial charge in [-0.15, -0.1) is 0 Å². The minimum Gasteiger partial charge on any atom is -0.456 e. The number of furan rings is 2. The lowest BCUT2D eigenvalue weighted by Gasteiger charge is -2.44. The molecule has 0 amide bonds. The largest absolute Gasteiger partial charge is 0.456 e. The second-order valence-electron chi connectivity index (χ2n) is 22.4. The quantitative estimate of drug-likeness (QED) is 0.172. The molecule has 326 valence electrons. The van der Waals surface area contributed by atoms with Gasteiger partial charge in [0.05, 0.1) is 41.6 Å². The molecule has 12 rings (SSSR count). The molecule has 0 unspecified atom stereocenters. The van der Waals surface area contributed by atoms with Gasteiger partial charge in [0.15, 0.2) is 0 Å². The lowest BCUT2D eigenvalue weighted by atomic mass is 9.59. The molecule has 8 aromatic rings. The SMILES string of the molecule is [2H]c1c2c(c([2H])c3c1C(C)(C)C(C)(C)C3(C)C)N(c1ccc3oc4ccccc4c3c1)CN2CCN1CN(c2ccc3oc4ccccc4c3c2)c2c([2H])c3c(c([2H])c21)C(C)(C)C(C)(C)C3(C)C. The van der Waals surface area contributed by atoms with E-state index in [2.05, 4.69) is 139 Å². The molecule has 6 nitrogen and oxygen atoms in total. The third kappa shape index (κ3) is 4.87. The molecular formula is C58H62N4O2. The van der Waals surface area contributed by atoms with Gasteiger partial charge in [-0.25, -0.2) is 0 Å². The van der Waals surface area contributed by atoms with E-state index in [0.717, 1.165) is 100 Å². The maximum Gasteiger partial charge on any atom is 0.135 e. The first-order valence-corrected chi connectivity index (χ1v) is 23.2. The first kappa shape index (κ1) is 35.5. The van der Waals surface area contributed by atoms with Crippen molar-refractivity contribution in [1.29, 1.82) is 0 Å². The summed E-state index contributed by atoms with van der Waals surface area (Å²) in [6.45, 7) is 29.2. The van der Waals surface area contributed by atoms with Crippen LogP contribution in [0.25, 0.3) is 43.9 Å². The molecule has 2 aromatic heterocycles. The summed E-state index contributed by atoms with van der Waals surface area (Å²) in [5.74, 6) is 0. The number of benzene rings is 6. The molecule has 0 N–H and O–H groups in total. The molecule has 4 aliphatic rings. The van der Waals surface area contributed by atoms with E-state index in [4.69, 9.17) is 8.83 Å². The van der Waals surface area contributed by atoms with Crippen molar-refractivity contribution in [3.63, 3.8) is 0 Å². The molecule has 0 saturated heterocycles. The van der Waals surface area contributed by atoms with Crippen molar-refractivity contribution in [1.82, 2.24) is 0 Å². The van der Waals surface area contributed by atoms with Crippen LogP contribution in [0.2, 0.25) is 0 Å². The molecule has 0 atom stereocenters. The van der Waals surface area contributed by atoms with Crippen LogP contribution in [0.4, 0.5) is 34.1 Å². The highest BCUT2D eigenvalue weighted by molar-refractivity contribution is 6.07. The fraction of sp³-hybridized carbons (Fsp3) is 0.379. The number of hydrogen-bond donors (Lipinski definition) is 0. The molecule has 0 spiro atoms. The van der Waals surface area contributed by atoms with Crippen molar-refractivity contribution in [3.05, 3.63) is 131 Å². The van der Waals surface area contributed by atoms with E-state index in [-0.39, 0.29) is 32.5 Å². The Morgan fingerprint density at radius 1 is 0.422 bits per heavy atom. The summed E-state index contributed by atoms with van der Waals surface area (Å²) < 4.78 is 53.6. The fourth-order valence-electron chi connectivity index (χ4n) is 11.9. The van der Waals surface area contributed by atoms with E-state index >= 15 is 0 Å². The van der Waals surface area contributed by atoms with Crippen LogP contribution in [0.3, 0.4) is 0 Å². The van der Waals surface area contributed by atoms with Gasteiger partial charge >= 0.3 is 0 Å². The lowest BCUT2D eigenvalue weighted by Crippen LogP contribution is -2.42. The van der Waals surface area contributed by atoms with Crippen molar-refractivity contribution in [2.45, 2.75) is 105 Å². The van der Waals surface area contributed by atoms with E-state index < -0.39 is 0 Å². The zero-order chi connectivity index (χ0) is 48.2. The van der Waals surface area contributed by atoms with Crippen LogP contribution in [0, 0.1) is 10.8 Å². The van der Waals surface area contributed by atoms with Crippen LogP contribution in [0.1, 0.15) is 111 Å². The Morgan fingerprint density at radius 3 is 1.12 bits per heavy atom. The zero-order valence-corrected chi connectivity index (χ0v) is 39.5. The summed E-state index contributed by atoms with van der Waals surface area (Å²) >= 11 is 0. The summed E-state index contributed by atoms with van der Waals surface area (Å²) in [4.78, 5) is 9.11. The fourth-order valence-corrected chi connectivity index (χ4v) is 11.9. The van der Waals surface area contributed by atoms with E-state index in [1.54, 1.807) is 0 Å². The maximum atomic E-state index is 10.3. The highest BCUT2D eigenvalue weighted by atomic mass is 16.3. The minimum atomic E-state index is -0.378. The van der Waals surface area contributed by atoms with E-state index in [9.17, 15) is 5.48 Å². The molecular weight excluding hydrogens is 785 g/mol. The Hall–Kier alpha value is -5.88. The van der Waals surface area contributed by atoms with Crippen LogP contribution in [0.5, 0.6) is 0 Å². The maximum absolute atomic E-state index is 10.3. The molecule has 0 bridgehead atoms. The number of anilines is 6. The Bertz CT molecular complexity index is 3290. The first-order chi connectivity index (χ1) is 31.9. The Balaban J connectivity index is 1.01. The van der Waals surface area contributed by atoms with Crippen molar-refractivity contribution in [2.75, 3.05) is 46.0 Å². The predicted molar refractivity (Wildman–Crippen MR) is 269 cm³/mol. The molecule has 0 saturated carbocycles. The summed E-state index contributed by atoms with van der Waals surface area (Å²) in [7, 11) is 0. The Kier molecular flexibility index (Phi) is 6.91. The first-order valence-electron chi connectivity index (χ1n) is 25.2. The van der Waals surface area contributed by atoms with Crippen molar-refractivity contribution < 1.29 is 14.3 Å². The van der Waals surface area contributed by atoms with Crippen LogP contribution < -0.4 is 19.6 Å². The summed E-state index contributed by atoms with van der Waals surface area (Å²) in [6.07, 6.45) is 0. The van der Waals surface area contributed by atoms with Gasteiger partial charge in [-0.3, -0.25) is 0 Å². The van der Waals surface area contributed by atoms with Gasteiger partial charge in [0, 0.05) is 46.0 Å². The average molecular weight is 851 g/mol. The molecule has 6 aromatic carbocycles. The van der Waals surface area contributed by atoms with Crippen LogP contribution in [-0.4, -0.2) is 26.4 Å². The molecule has 2 aliphatic heterocycles. The highest BCUT2D eigenvalue weighted by Crippen LogP contribution is 2.65. The zero-order valence-electron chi connectivity index (χ0n) is 43.5. The number of rotatable bonds is 5. The molecule has 64 heavy (non-hydrogen) atoms. The lowest BCUT2D eigenvalue weighted by molar-refractivity contribution is 0.125. The van der Waals surface area contributed by atoms with Gasteiger partial charge in [0.25, 0.3) is 0 Å². The van der Waals surface area contributed by atoms with Crippen molar-refractivity contribution in [3.8, 4) is 0 Å². The molecule has 2 aliphatic carbocycles. The van der Waals surface area contributed by atoms with Crippen LogP contribution in [-0.2, 0) is 21.7 Å². The summed E-state index contributed by atoms with van der Waals surface area (Å²) in [6, 6.07) is 30.9. The smallest absolute Gasteiger partial charge is 0.135 e. The van der Waals surface area contributed by atoms with Gasteiger partial charge in [-0.2, -0.15) is 0 Å². The number of fused-ring (bicyclic) bond motifs is 10. The third-order valence-corrected chi connectivity index (χ3v) is 18.5. The second kappa shape index (κ2) is 12.5. The van der Waals surface area contributed by atoms with Crippen LogP contribution in [0.15, 0.2) is 118 Å². The van der Waals surface area contributed by atoms with Crippen LogP contribution >= 0.6 is 0 Å². The van der Waals surface area contributed by atoms with Gasteiger partial charge in [-0.05, 0) is 127 Å².